The molecule has 4 rings (SSSR count). The van der Waals surface area contributed by atoms with E-state index < -0.39 is 8.32 Å². The Hall–Kier alpha value is -0.413. The summed E-state index contributed by atoms with van der Waals surface area (Å²) in [7, 11) is -1.84. The Morgan fingerprint density at radius 2 is 1.72 bits per heavy atom. The molecule has 0 radical (unpaired) electrons. The van der Waals surface area contributed by atoms with Gasteiger partial charge in [-0.1, -0.05) is 80.2 Å². The Bertz CT molecular complexity index is 850. The highest BCUT2D eigenvalue weighted by Crippen LogP contribution is 2.68. The maximum atomic E-state index is 12.3. The highest BCUT2D eigenvalue weighted by atomic mass is 28.4. The van der Waals surface area contributed by atoms with Gasteiger partial charge in [0.1, 0.15) is 0 Å². The molecule has 0 aromatic carbocycles. The summed E-state index contributed by atoms with van der Waals surface area (Å²) in [6.45, 7) is 24.7. The first-order chi connectivity index (χ1) is 16.6. The van der Waals surface area contributed by atoms with Crippen LogP contribution in [0.4, 0.5) is 0 Å². The van der Waals surface area contributed by atoms with Gasteiger partial charge in [-0.3, -0.25) is 4.79 Å². The monoisotopic (exact) mass is 514 g/mol. The van der Waals surface area contributed by atoms with Crippen LogP contribution in [0.25, 0.3) is 0 Å². The third-order valence-electron chi connectivity index (χ3n) is 12.4. The molecular weight excluding hydrogens is 456 g/mol. The van der Waals surface area contributed by atoms with Gasteiger partial charge in [0.2, 0.25) is 0 Å². The van der Waals surface area contributed by atoms with Crippen LogP contribution in [-0.4, -0.2) is 20.2 Å². The first-order valence-electron chi connectivity index (χ1n) is 15.5. The third-order valence-corrected chi connectivity index (χ3v) is 16.9. The predicted octanol–water partition coefficient (Wildman–Crippen LogP) is 9.60. The van der Waals surface area contributed by atoms with E-state index in [2.05, 4.69) is 74.6 Å². The molecule has 0 aromatic rings. The third kappa shape index (κ3) is 4.98. The Balaban J connectivity index is 1.64. The number of rotatable bonds is 7. The fourth-order valence-corrected chi connectivity index (χ4v) is 10.7. The summed E-state index contributed by atoms with van der Waals surface area (Å²) >= 11 is 0. The van der Waals surface area contributed by atoms with E-state index in [4.69, 9.17) is 4.43 Å². The standard InChI is InChI=1S/C33H58O2Si/c1-22(2)12-11-13-23(3)30-29(35-36(9,10)31(4,5)6)21-28-26-15-14-24-20-25(34)16-18-32(24,7)27(26)17-19-33(28,30)8/h20,22-23,26-30H,11-19,21H2,1-10H3/t23-,26-,27+,28+,29?,30+,32+,33+/m1/s1. The highest BCUT2D eigenvalue weighted by molar-refractivity contribution is 6.74. The molecule has 0 N–H and O–H groups in total. The largest absolute Gasteiger partial charge is 0.414 e. The fraction of sp³-hybridized carbons (Fsp3) is 0.909. The summed E-state index contributed by atoms with van der Waals surface area (Å²) in [4.78, 5) is 12.3. The molecule has 8 atom stereocenters. The van der Waals surface area contributed by atoms with Gasteiger partial charge in [0.15, 0.2) is 14.1 Å². The van der Waals surface area contributed by atoms with Crippen molar-refractivity contribution in [3.05, 3.63) is 11.6 Å². The molecule has 0 amide bonds. The van der Waals surface area contributed by atoms with Crippen molar-refractivity contribution in [1.82, 2.24) is 0 Å². The number of allylic oxidation sites excluding steroid dienone is 1. The molecule has 0 aliphatic heterocycles. The Morgan fingerprint density at radius 3 is 2.36 bits per heavy atom. The van der Waals surface area contributed by atoms with E-state index in [1.54, 1.807) is 0 Å². The van der Waals surface area contributed by atoms with Gasteiger partial charge in [-0.15, -0.1) is 0 Å². The molecule has 0 bridgehead atoms. The molecule has 3 heteroatoms. The lowest BCUT2D eigenvalue weighted by Crippen LogP contribution is -2.51. The van der Waals surface area contributed by atoms with Gasteiger partial charge in [-0.25, -0.2) is 0 Å². The molecule has 3 saturated carbocycles. The van der Waals surface area contributed by atoms with Crippen LogP contribution in [0.1, 0.15) is 120 Å². The number of carbonyl (C=O) groups is 1. The average molecular weight is 515 g/mol. The van der Waals surface area contributed by atoms with Crippen LogP contribution < -0.4 is 0 Å². The molecule has 2 nitrogen and oxygen atoms in total. The van der Waals surface area contributed by atoms with Crippen LogP contribution in [0.3, 0.4) is 0 Å². The molecule has 206 valence electrons. The molecule has 4 aliphatic carbocycles. The normalized spacial score (nSPS) is 39.9. The fourth-order valence-electron chi connectivity index (χ4n) is 9.31. The van der Waals surface area contributed by atoms with E-state index >= 15 is 0 Å². The zero-order valence-electron chi connectivity index (χ0n) is 25.5. The van der Waals surface area contributed by atoms with Crippen molar-refractivity contribution >= 4 is 14.1 Å². The van der Waals surface area contributed by atoms with Crippen molar-refractivity contribution in [1.29, 1.82) is 0 Å². The second-order valence-electron chi connectivity index (χ2n) is 16.0. The maximum Gasteiger partial charge on any atom is 0.192 e. The van der Waals surface area contributed by atoms with E-state index in [9.17, 15) is 4.79 Å². The van der Waals surface area contributed by atoms with Crippen molar-refractivity contribution in [2.24, 2.45) is 46.3 Å². The minimum Gasteiger partial charge on any atom is -0.414 e. The van der Waals surface area contributed by atoms with E-state index in [0.717, 1.165) is 48.9 Å². The van der Waals surface area contributed by atoms with Gasteiger partial charge in [-0.2, -0.15) is 0 Å². The van der Waals surface area contributed by atoms with Crippen LogP contribution in [-0.2, 0) is 9.22 Å². The lowest BCUT2D eigenvalue weighted by Gasteiger charge is -2.58. The highest BCUT2D eigenvalue weighted by Gasteiger charge is 2.63. The first-order valence-corrected chi connectivity index (χ1v) is 18.4. The van der Waals surface area contributed by atoms with Crippen molar-refractivity contribution in [2.45, 2.75) is 144 Å². The number of fused-ring (bicyclic) bond motifs is 5. The van der Waals surface area contributed by atoms with E-state index in [1.807, 2.05) is 0 Å². The molecule has 0 saturated heterocycles. The molecule has 36 heavy (non-hydrogen) atoms. The van der Waals surface area contributed by atoms with Gasteiger partial charge in [0.05, 0.1) is 0 Å². The second kappa shape index (κ2) is 9.96. The van der Waals surface area contributed by atoms with Crippen molar-refractivity contribution in [2.75, 3.05) is 0 Å². The first kappa shape index (κ1) is 28.6. The number of hydrogen-bond acceptors (Lipinski definition) is 2. The van der Waals surface area contributed by atoms with Gasteiger partial charge in [0, 0.05) is 12.5 Å². The van der Waals surface area contributed by atoms with Crippen LogP contribution >= 0.6 is 0 Å². The van der Waals surface area contributed by atoms with Gasteiger partial charge in [0.25, 0.3) is 0 Å². The molecular formula is C33H58O2Si. The molecule has 0 aromatic heterocycles. The minimum absolute atomic E-state index is 0.252. The van der Waals surface area contributed by atoms with E-state index in [0.29, 0.717) is 23.2 Å². The van der Waals surface area contributed by atoms with Gasteiger partial charge in [-0.05, 0) is 109 Å². The van der Waals surface area contributed by atoms with Crippen molar-refractivity contribution in [3.8, 4) is 0 Å². The smallest absolute Gasteiger partial charge is 0.192 e. The maximum absolute atomic E-state index is 12.3. The Labute approximate surface area is 224 Å². The molecule has 3 fully saturated rings. The van der Waals surface area contributed by atoms with Crippen LogP contribution in [0.5, 0.6) is 0 Å². The van der Waals surface area contributed by atoms with Crippen molar-refractivity contribution in [3.63, 3.8) is 0 Å². The lowest BCUT2D eigenvalue weighted by atomic mass is 9.46. The summed E-state index contributed by atoms with van der Waals surface area (Å²) in [6, 6.07) is 0. The molecule has 0 heterocycles. The summed E-state index contributed by atoms with van der Waals surface area (Å²) in [6.07, 6.45) is 14.8. The van der Waals surface area contributed by atoms with Crippen molar-refractivity contribution < 1.29 is 9.22 Å². The number of hydrogen-bond donors (Lipinski definition) is 0. The quantitative estimate of drug-likeness (QED) is 0.316. The second-order valence-corrected chi connectivity index (χ2v) is 20.7. The van der Waals surface area contributed by atoms with Crippen LogP contribution in [0.2, 0.25) is 18.1 Å². The SMILES string of the molecule is CC(C)CCC[C@@H](C)[C@H]1C(O[Si](C)(C)C(C)(C)C)C[C@H]2[C@@H]3CCC4=CC(=O)CC[C@]4(C)[C@H]3CC[C@]12C. The average Bonchev–Trinajstić information content (AvgIpc) is 3.04. The zero-order valence-corrected chi connectivity index (χ0v) is 26.5. The van der Waals surface area contributed by atoms with E-state index in [-0.39, 0.29) is 10.5 Å². The number of ketones is 1. The topological polar surface area (TPSA) is 26.3 Å². The van der Waals surface area contributed by atoms with Crippen LogP contribution in [0.15, 0.2) is 11.6 Å². The lowest BCUT2D eigenvalue weighted by molar-refractivity contribution is -0.117. The summed E-state index contributed by atoms with van der Waals surface area (Å²) in [5.41, 5.74) is 2.15. The van der Waals surface area contributed by atoms with Gasteiger partial charge >= 0.3 is 0 Å². The Kier molecular flexibility index (Phi) is 7.91. The molecule has 1 unspecified atom stereocenters. The van der Waals surface area contributed by atoms with E-state index in [1.165, 1.54) is 50.5 Å². The molecule has 0 spiro atoms. The number of carbonyl (C=O) groups excluding carboxylic acids is 1. The summed E-state index contributed by atoms with van der Waals surface area (Å²) in [5.74, 6) is 4.92. The van der Waals surface area contributed by atoms with Gasteiger partial charge < -0.3 is 4.43 Å². The summed E-state index contributed by atoms with van der Waals surface area (Å²) in [5, 5.41) is 0.252. The predicted molar refractivity (Wildman–Crippen MR) is 156 cm³/mol. The summed E-state index contributed by atoms with van der Waals surface area (Å²) < 4.78 is 7.39. The molecule has 4 aliphatic rings. The Morgan fingerprint density at radius 1 is 1.03 bits per heavy atom. The van der Waals surface area contributed by atoms with Crippen LogP contribution in [0, 0.1) is 46.3 Å². The zero-order chi connectivity index (χ0) is 26.7. The minimum atomic E-state index is -1.84.